The van der Waals surface area contributed by atoms with E-state index in [0.717, 1.165) is 11.1 Å². The quantitative estimate of drug-likeness (QED) is 0.365. The number of hydrogen-bond donors (Lipinski definition) is 3. The average molecular weight is 767 g/mol. The second-order valence-corrected chi connectivity index (χ2v) is 14.4. The summed E-state index contributed by atoms with van der Waals surface area (Å²) in [6.45, 7) is 8.25. The standard InChI is InChI=1S/C42H50N6O8/c1-9-27-10-12-28(13-11-27)20-32-39(51)45-26(4)41(53)48(7)34-21-29-14-17-31(18-15-29)56-36-23-30(16-19-35(36)55-8)22-33(47(6)42(34)54)38(50)43-24(2)37(49)44-25(3)40(52)46(32)5/h9-19,23-26,32-34H,1,20-22H2,2-8H3,(H,43,50)(H,44,49)(H,45,51)/t24-,25+,26+,32+,33+,34+/m1/s1. The summed E-state index contributed by atoms with van der Waals surface area (Å²) in [4.78, 5) is 88.2. The Bertz CT molecular complexity index is 1980. The predicted octanol–water partition coefficient (Wildman–Crippen LogP) is 2.48. The van der Waals surface area contributed by atoms with Crippen molar-refractivity contribution in [3.63, 3.8) is 0 Å². The summed E-state index contributed by atoms with van der Waals surface area (Å²) in [5.41, 5.74) is 2.94. The summed E-state index contributed by atoms with van der Waals surface area (Å²) in [6.07, 6.45) is 1.85. The number of likely N-dealkylation sites (N-methyl/N-ethyl adjacent to an activating group) is 3. The van der Waals surface area contributed by atoms with Crippen molar-refractivity contribution in [2.24, 2.45) is 0 Å². The lowest BCUT2D eigenvalue weighted by Gasteiger charge is -2.36. The number of nitrogens with zero attached hydrogens (tertiary/aromatic N) is 3. The molecule has 0 spiro atoms. The van der Waals surface area contributed by atoms with Crippen molar-refractivity contribution in [3.8, 4) is 17.2 Å². The fourth-order valence-corrected chi connectivity index (χ4v) is 6.86. The van der Waals surface area contributed by atoms with Gasteiger partial charge in [-0.05, 0) is 67.3 Å². The molecule has 1 saturated heterocycles. The van der Waals surface area contributed by atoms with Crippen molar-refractivity contribution < 1.29 is 38.2 Å². The Morgan fingerprint density at radius 3 is 1.86 bits per heavy atom. The van der Waals surface area contributed by atoms with Gasteiger partial charge in [0.15, 0.2) is 11.5 Å². The van der Waals surface area contributed by atoms with Gasteiger partial charge in [-0.3, -0.25) is 28.8 Å². The lowest BCUT2D eigenvalue weighted by molar-refractivity contribution is -0.149. The SMILES string of the molecule is C=Cc1ccc(C[C@H]2C(=O)N[C@@H](C)C(=O)N(C)[C@H]3Cc4ccc(cc4)Oc4cc(ccc4OC)C[C@@H](C(=O)N[C@H](C)C(=O)N[C@@H](C)C(=O)N2C)N(C)C3=O)cc1. The normalized spacial score (nSPS) is 24.3. The first-order valence-electron chi connectivity index (χ1n) is 18.5. The van der Waals surface area contributed by atoms with Crippen molar-refractivity contribution in [2.75, 3.05) is 28.3 Å². The van der Waals surface area contributed by atoms with Crippen LogP contribution in [-0.2, 0) is 48.0 Å². The van der Waals surface area contributed by atoms with E-state index in [1.165, 1.54) is 63.7 Å². The van der Waals surface area contributed by atoms with Crippen molar-refractivity contribution in [3.05, 3.63) is 95.6 Å². The summed E-state index contributed by atoms with van der Waals surface area (Å²) >= 11 is 0. The molecule has 6 amide bonds. The Kier molecular flexibility index (Phi) is 12.8. The molecule has 6 atom stereocenters. The Morgan fingerprint density at radius 1 is 0.679 bits per heavy atom. The zero-order valence-corrected chi connectivity index (χ0v) is 32.8. The lowest BCUT2D eigenvalue weighted by Crippen LogP contribution is -2.61. The molecule has 3 aliphatic heterocycles. The van der Waals surface area contributed by atoms with E-state index < -0.39 is 71.7 Å². The van der Waals surface area contributed by atoms with Crippen LogP contribution in [0.1, 0.15) is 43.0 Å². The summed E-state index contributed by atoms with van der Waals surface area (Å²) in [5.74, 6) is -2.20. The van der Waals surface area contributed by atoms with Gasteiger partial charge >= 0.3 is 0 Å². The molecule has 6 rings (SSSR count). The average Bonchev–Trinajstić information content (AvgIpc) is 3.19. The molecule has 0 aliphatic carbocycles. The van der Waals surface area contributed by atoms with E-state index in [9.17, 15) is 28.8 Å². The number of ether oxygens (including phenoxy) is 2. The van der Waals surface area contributed by atoms with E-state index in [4.69, 9.17) is 9.47 Å². The number of fused-ring (bicyclic) bond motifs is 2. The van der Waals surface area contributed by atoms with Crippen LogP contribution in [-0.4, -0.2) is 115 Å². The topological polar surface area (TPSA) is 167 Å². The molecule has 296 valence electrons. The van der Waals surface area contributed by atoms with E-state index in [2.05, 4.69) is 22.5 Å². The number of carbonyl (C=O) groups is 6. The Labute approximate surface area is 327 Å². The third-order valence-corrected chi connectivity index (χ3v) is 10.4. The molecular weight excluding hydrogens is 716 g/mol. The van der Waals surface area contributed by atoms with E-state index >= 15 is 0 Å². The molecule has 0 saturated carbocycles. The molecule has 1 fully saturated rings. The van der Waals surface area contributed by atoms with Crippen LogP contribution in [0.2, 0.25) is 0 Å². The number of carbonyl (C=O) groups excluding carboxylic acids is 6. The maximum Gasteiger partial charge on any atom is 0.246 e. The molecule has 56 heavy (non-hydrogen) atoms. The first kappa shape index (κ1) is 41.0. The van der Waals surface area contributed by atoms with Gasteiger partial charge in [-0.1, -0.05) is 55.1 Å². The minimum absolute atomic E-state index is 0.00851. The van der Waals surface area contributed by atoms with Crippen molar-refractivity contribution in [2.45, 2.75) is 76.3 Å². The van der Waals surface area contributed by atoms with Crippen LogP contribution in [0.4, 0.5) is 0 Å². The van der Waals surface area contributed by atoms with Gasteiger partial charge < -0.3 is 40.1 Å². The highest BCUT2D eigenvalue weighted by Crippen LogP contribution is 2.34. The Balaban J connectivity index is 1.58. The molecule has 0 radical (unpaired) electrons. The number of benzene rings is 3. The maximum absolute atomic E-state index is 14.7. The molecule has 14 heteroatoms. The fourth-order valence-electron chi connectivity index (χ4n) is 6.86. The van der Waals surface area contributed by atoms with Crippen molar-refractivity contribution in [1.29, 1.82) is 0 Å². The van der Waals surface area contributed by atoms with E-state index in [-0.39, 0.29) is 19.3 Å². The first-order valence-corrected chi connectivity index (χ1v) is 18.5. The van der Waals surface area contributed by atoms with E-state index in [0.29, 0.717) is 28.4 Å². The van der Waals surface area contributed by atoms with Crippen LogP contribution >= 0.6 is 0 Å². The Morgan fingerprint density at radius 2 is 1.23 bits per heavy atom. The molecular formula is C42H50N6O8. The van der Waals surface area contributed by atoms with Gasteiger partial charge in [-0.25, -0.2) is 0 Å². The van der Waals surface area contributed by atoms with Gasteiger partial charge in [0.1, 0.15) is 42.0 Å². The summed E-state index contributed by atoms with van der Waals surface area (Å²) in [6, 6.07) is 12.8. The monoisotopic (exact) mass is 766 g/mol. The zero-order valence-electron chi connectivity index (χ0n) is 32.8. The third-order valence-electron chi connectivity index (χ3n) is 10.4. The molecule has 14 nitrogen and oxygen atoms in total. The molecule has 3 aliphatic rings. The van der Waals surface area contributed by atoms with Crippen LogP contribution < -0.4 is 25.4 Å². The number of methoxy groups -OCH3 is 1. The smallest absolute Gasteiger partial charge is 0.246 e. The van der Waals surface area contributed by atoms with Crippen molar-refractivity contribution in [1.82, 2.24) is 30.7 Å². The van der Waals surface area contributed by atoms with Gasteiger partial charge in [0.2, 0.25) is 35.4 Å². The van der Waals surface area contributed by atoms with Crippen LogP contribution in [0.5, 0.6) is 17.2 Å². The highest BCUT2D eigenvalue weighted by atomic mass is 16.5. The van der Waals surface area contributed by atoms with Crippen LogP contribution in [0.15, 0.2) is 73.3 Å². The van der Waals surface area contributed by atoms with Crippen LogP contribution in [0.3, 0.4) is 0 Å². The molecule has 0 unspecified atom stereocenters. The fraction of sp³-hybridized carbons (Fsp3) is 0.381. The van der Waals surface area contributed by atoms with Crippen LogP contribution in [0, 0.1) is 0 Å². The zero-order chi connectivity index (χ0) is 40.8. The molecule has 0 aromatic heterocycles. The lowest BCUT2D eigenvalue weighted by atomic mass is 9.98. The second kappa shape index (κ2) is 17.5. The van der Waals surface area contributed by atoms with E-state index in [1.807, 2.05) is 24.3 Å². The van der Waals surface area contributed by atoms with Gasteiger partial charge in [0, 0.05) is 40.4 Å². The number of rotatable bonds is 4. The van der Waals surface area contributed by atoms with E-state index in [1.54, 1.807) is 48.5 Å². The molecule has 3 heterocycles. The van der Waals surface area contributed by atoms with Gasteiger partial charge in [-0.2, -0.15) is 0 Å². The Hall–Kier alpha value is -6.18. The number of amides is 6. The summed E-state index contributed by atoms with van der Waals surface area (Å²) < 4.78 is 11.7. The first-order chi connectivity index (χ1) is 26.6. The second-order valence-electron chi connectivity index (χ2n) is 14.4. The minimum Gasteiger partial charge on any atom is -0.493 e. The highest BCUT2D eigenvalue weighted by Gasteiger charge is 2.39. The molecule has 6 bridgehead atoms. The molecule has 3 aromatic carbocycles. The number of hydrogen-bond acceptors (Lipinski definition) is 8. The molecule has 3 aromatic rings. The highest BCUT2D eigenvalue weighted by molar-refractivity contribution is 5.98. The third kappa shape index (κ3) is 9.19. The van der Waals surface area contributed by atoms with Gasteiger partial charge in [0.05, 0.1) is 7.11 Å². The maximum atomic E-state index is 14.7. The summed E-state index contributed by atoms with van der Waals surface area (Å²) in [5, 5.41) is 8.16. The van der Waals surface area contributed by atoms with Crippen LogP contribution in [0.25, 0.3) is 6.08 Å². The van der Waals surface area contributed by atoms with Crippen molar-refractivity contribution >= 4 is 41.5 Å². The minimum atomic E-state index is -1.16. The number of nitrogens with one attached hydrogen (secondary N) is 3. The van der Waals surface area contributed by atoms with Gasteiger partial charge in [-0.15, -0.1) is 0 Å². The predicted molar refractivity (Wildman–Crippen MR) is 210 cm³/mol. The van der Waals surface area contributed by atoms with Gasteiger partial charge in [0.25, 0.3) is 0 Å². The largest absolute Gasteiger partial charge is 0.493 e. The molecule has 3 N–H and O–H groups in total. The summed E-state index contributed by atoms with van der Waals surface area (Å²) in [7, 11) is 5.93.